The first-order chi connectivity index (χ1) is 9.14. The summed E-state index contributed by atoms with van der Waals surface area (Å²) in [4.78, 5) is 2.90. The molecular formula is C17H32N2. The lowest BCUT2D eigenvalue weighted by molar-refractivity contribution is -0.0308. The molecule has 1 aliphatic heterocycles. The molecular weight excluding hydrogens is 232 g/mol. The van der Waals surface area contributed by atoms with Gasteiger partial charge in [0.1, 0.15) is 0 Å². The maximum atomic E-state index is 3.93. The van der Waals surface area contributed by atoms with Crippen LogP contribution in [0.4, 0.5) is 0 Å². The SMILES string of the molecule is CC1CNC2(CCCCC2)CN1C1(C)CCCCC1. The average molecular weight is 264 g/mol. The number of piperazine rings is 1. The van der Waals surface area contributed by atoms with E-state index >= 15 is 0 Å². The van der Waals surface area contributed by atoms with E-state index in [1.54, 1.807) is 0 Å². The molecule has 3 fully saturated rings. The fourth-order valence-electron chi connectivity index (χ4n) is 4.90. The smallest absolute Gasteiger partial charge is 0.0309 e. The Bertz CT molecular complexity index is 300. The van der Waals surface area contributed by atoms with Crippen molar-refractivity contribution >= 4 is 0 Å². The predicted octanol–water partition coefficient (Wildman–Crippen LogP) is 3.71. The van der Waals surface area contributed by atoms with Crippen LogP contribution in [0.15, 0.2) is 0 Å². The highest BCUT2D eigenvalue weighted by atomic mass is 15.3. The van der Waals surface area contributed by atoms with Crippen molar-refractivity contribution in [3.05, 3.63) is 0 Å². The molecule has 2 nitrogen and oxygen atoms in total. The Hall–Kier alpha value is -0.0800. The van der Waals surface area contributed by atoms with E-state index in [1.807, 2.05) is 0 Å². The van der Waals surface area contributed by atoms with Crippen molar-refractivity contribution in [2.24, 2.45) is 0 Å². The van der Waals surface area contributed by atoms with Crippen LogP contribution in [-0.4, -0.2) is 35.1 Å². The molecule has 0 bridgehead atoms. The van der Waals surface area contributed by atoms with Crippen molar-refractivity contribution in [3.8, 4) is 0 Å². The predicted molar refractivity (Wildman–Crippen MR) is 81.5 cm³/mol. The van der Waals surface area contributed by atoms with E-state index in [0.29, 0.717) is 11.1 Å². The van der Waals surface area contributed by atoms with Crippen molar-refractivity contribution in [3.63, 3.8) is 0 Å². The van der Waals surface area contributed by atoms with Gasteiger partial charge >= 0.3 is 0 Å². The van der Waals surface area contributed by atoms with Crippen molar-refractivity contribution < 1.29 is 0 Å². The van der Waals surface area contributed by atoms with E-state index in [4.69, 9.17) is 0 Å². The standard InChI is InChI=1S/C17H32N2/c1-15-13-18-17(11-7-4-8-12-17)14-19(15)16(2)9-5-3-6-10-16/h15,18H,3-14H2,1-2H3. The van der Waals surface area contributed by atoms with Gasteiger partial charge in [0.2, 0.25) is 0 Å². The summed E-state index contributed by atoms with van der Waals surface area (Å²) in [7, 11) is 0. The number of nitrogens with one attached hydrogen (secondary N) is 1. The summed E-state index contributed by atoms with van der Waals surface area (Å²) in [6, 6.07) is 0.718. The van der Waals surface area contributed by atoms with Crippen molar-refractivity contribution in [2.45, 2.75) is 95.2 Å². The minimum atomic E-state index is 0.464. The maximum absolute atomic E-state index is 3.93. The molecule has 1 heterocycles. The van der Waals surface area contributed by atoms with E-state index in [9.17, 15) is 0 Å². The zero-order valence-corrected chi connectivity index (χ0v) is 13.0. The van der Waals surface area contributed by atoms with E-state index in [-0.39, 0.29) is 0 Å². The van der Waals surface area contributed by atoms with Gasteiger partial charge in [-0.2, -0.15) is 0 Å². The third-order valence-electron chi connectivity index (χ3n) is 6.21. The van der Waals surface area contributed by atoms with Gasteiger partial charge in [0, 0.05) is 30.2 Å². The second kappa shape index (κ2) is 5.37. The topological polar surface area (TPSA) is 15.3 Å². The van der Waals surface area contributed by atoms with E-state index < -0.39 is 0 Å². The Kier molecular flexibility index (Phi) is 3.92. The fraction of sp³-hybridized carbons (Fsp3) is 1.00. The highest BCUT2D eigenvalue weighted by Crippen LogP contribution is 2.39. The van der Waals surface area contributed by atoms with E-state index in [0.717, 1.165) is 6.04 Å². The highest BCUT2D eigenvalue weighted by Gasteiger charge is 2.45. The molecule has 0 amide bonds. The molecule has 3 aliphatic rings. The summed E-state index contributed by atoms with van der Waals surface area (Å²) in [6.07, 6.45) is 14.3. The first kappa shape index (κ1) is 13.9. The summed E-state index contributed by atoms with van der Waals surface area (Å²) >= 11 is 0. The van der Waals surface area contributed by atoms with Gasteiger partial charge in [-0.05, 0) is 39.5 Å². The Labute approximate surface area is 119 Å². The largest absolute Gasteiger partial charge is 0.308 e. The molecule has 1 spiro atoms. The van der Waals surface area contributed by atoms with Crippen molar-refractivity contribution in [1.82, 2.24) is 10.2 Å². The zero-order chi connectivity index (χ0) is 13.3. The van der Waals surface area contributed by atoms with Crippen molar-refractivity contribution in [2.75, 3.05) is 13.1 Å². The molecule has 1 saturated heterocycles. The second-order valence-electron chi connectivity index (χ2n) is 7.76. The molecule has 0 aromatic rings. The van der Waals surface area contributed by atoms with Crippen LogP contribution < -0.4 is 5.32 Å². The Morgan fingerprint density at radius 2 is 1.47 bits per heavy atom. The first-order valence-corrected chi connectivity index (χ1v) is 8.65. The molecule has 3 rings (SSSR count). The lowest BCUT2D eigenvalue weighted by atomic mass is 9.75. The maximum Gasteiger partial charge on any atom is 0.0309 e. The lowest BCUT2D eigenvalue weighted by Crippen LogP contribution is -2.68. The van der Waals surface area contributed by atoms with Crippen LogP contribution >= 0.6 is 0 Å². The molecule has 19 heavy (non-hydrogen) atoms. The third kappa shape index (κ3) is 2.71. The van der Waals surface area contributed by atoms with Crippen LogP contribution in [-0.2, 0) is 0 Å². The second-order valence-corrected chi connectivity index (χ2v) is 7.76. The minimum Gasteiger partial charge on any atom is -0.308 e. The van der Waals surface area contributed by atoms with Crippen LogP contribution in [0.25, 0.3) is 0 Å². The van der Waals surface area contributed by atoms with Gasteiger partial charge in [-0.1, -0.05) is 38.5 Å². The molecule has 2 heteroatoms. The third-order valence-corrected chi connectivity index (χ3v) is 6.21. The molecule has 2 aliphatic carbocycles. The summed E-state index contributed by atoms with van der Waals surface area (Å²) in [6.45, 7) is 7.49. The van der Waals surface area contributed by atoms with Gasteiger partial charge in [-0.25, -0.2) is 0 Å². The summed E-state index contributed by atoms with van der Waals surface area (Å²) in [5.41, 5.74) is 0.954. The van der Waals surface area contributed by atoms with E-state index in [2.05, 4.69) is 24.1 Å². The molecule has 0 radical (unpaired) electrons. The number of nitrogens with zero attached hydrogens (tertiary/aromatic N) is 1. The van der Waals surface area contributed by atoms with Gasteiger partial charge in [0.15, 0.2) is 0 Å². The first-order valence-electron chi connectivity index (χ1n) is 8.65. The molecule has 1 N–H and O–H groups in total. The molecule has 0 aromatic heterocycles. The van der Waals surface area contributed by atoms with Crippen LogP contribution in [0.3, 0.4) is 0 Å². The summed E-state index contributed by atoms with van der Waals surface area (Å²) in [5, 5.41) is 3.93. The number of rotatable bonds is 1. The number of hydrogen-bond acceptors (Lipinski definition) is 2. The quantitative estimate of drug-likeness (QED) is 0.777. The Morgan fingerprint density at radius 3 is 2.11 bits per heavy atom. The van der Waals surface area contributed by atoms with Crippen molar-refractivity contribution in [1.29, 1.82) is 0 Å². The summed E-state index contributed by atoms with van der Waals surface area (Å²) in [5.74, 6) is 0. The summed E-state index contributed by atoms with van der Waals surface area (Å²) < 4.78 is 0. The highest BCUT2D eigenvalue weighted by molar-refractivity contribution is 5.04. The molecule has 2 saturated carbocycles. The molecule has 1 atom stereocenters. The fourth-order valence-corrected chi connectivity index (χ4v) is 4.90. The lowest BCUT2D eigenvalue weighted by Gasteiger charge is -2.56. The zero-order valence-electron chi connectivity index (χ0n) is 13.0. The number of hydrogen-bond donors (Lipinski definition) is 1. The van der Waals surface area contributed by atoms with Gasteiger partial charge < -0.3 is 5.32 Å². The molecule has 0 aromatic carbocycles. The van der Waals surface area contributed by atoms with Crippen LogP contribution in [0.1, 0.15) is 78.1 Å². The Balaban J connectivity index is 1.75. The monoisotopic (exact) mass is 264 g/mol. The van der Waals surface area contributed by atoms with Crippen LogP contribution in [0, 0.1) is 0 Å². The molecule has 110 valence electrons. The normalized spacial score (nSPS) is 35.4. The van der Waals surface area contributed by atoms with Gasteiger partial charge in [0.05, 0.1) is 0 Å². The van der Waals surface area contributed by atoms with E-state index in [1.165, 1.54) is 77.3 Å². The van der Waals surface area contributed by atoms with Crippen LogP contribution in [0.5, 0.6) is 0 Å². The van der Waals surface area contributed by atoms with Crippen LogP contribution in [0.2, 0.25) is 0 Å². The molecule has 1 unspecified atom stereocenters. The minimum absolute atomic E-state index is 0.464. The average Bonchev–Trinajstić information content (AvgIpc) is 2.44. The van der Waals surface area contributed by atoms with Gasteiger partial charge in [-0.15, -0.1) is 0 Å². The Morgan fingerprint density at radius 1 is 0.895 bits per heavy atom. The van der Waals surface area contributed by atoms with Gasteiger partial charge in [0.25, 0.3) is 0 Å². The van der Waals surface area contributed by atoms with Gasteiger partial charge in [-0.3, -0.25) is 4.90 Å².